The lowest BCUT2D eigenvalue weighted by molar-refractivity contribution is -0.156. The summed E-state index contributed by atoms with van der Waals surface area (Å²) in [6, 6.07) is 0. The first-order valence-electron chi connectivity index (χ1n) is 6.87. The second-order valence-electron chi connectivity index (χ2n) is 5.95. The zero-order valence-electron chi connectivity index (χ0n) is 12.3. The topological polar surface area (TPSA) is 73.0 Å². The standard InChI is InChI=1S/C13H22N4O3/c1-13(2)12(20)17(10(18)8-14-13)9-11(19)16-6-4-15(3)5-7-16/h14H,4-9H2,1-3H3. The third-order valence-corrected chi connectivity index (χ3v) is 3.91. The van der Waals surface area contributed by atoms with E-state index in [4.69, 9.17) is 0 Å². The van der Waals surface area contributed by atoms with Crippen molar-refractivity contribution in [2.24, 2.45) is 0 Å². The van der Waals surface area contributed by atoms with E-state index < -0.39 is 5.54 Å². The molecule has 2 saturated heterocycles. The lowest BCUT2D eigenvalue weighted by Gasteiger charge is -2.38. The van der Waals surface area contributed by atoms with Gasteiger partial charge in [0.05, 0.1) is 12.1 Å². The van der Waals surface area contributed by atoms with E-state index in [0.29, 0.717) is 13.1 Å². The van der Waals surface area contributed by atoms with Gasteiger partial charge in [-0.3, -0.25) is 24.6 Å². The maximum absolute atomic E-state index is 12.2. The van der Waals surface area contributed by atoms with Crippen LogP contribution in [0.1, 0.15) is 13.8 Å². The van der Waals surface area contributed by atoms with E-state index in [1.807, 2.05) is 7.05 Å². The molecule has 7 nitrogen and oxygen atoms in total. The van der Waals surface area contributed by atoms with E-state index in [1.54, 1.807) is 18.7 Å². The predicted molar refractivity (Wildman–Crippen MR) is 72.9 cm³/mol. The second kappa shape index (κ2) is 5.49. The molecule has 0 radical (unpaired) electrons. The maximum atomic E-state index is 12.2. The summed E-state index contributed by atoms with van der Waals surface area (Å²) in [5.74, 6) is -0.828. The molecule has 0 atom stereocenters. The van der Waals surface area contributed by atoms with Crippen LogP contribution in [0.25, 0.3) is 0 Å². The third kappa shape index (κ3) is 2.99. The minimum Gasteiger partial charge on any atom is -0.339 e. The minimum absolute atomic E-state index is 0.0920. The molecule has 2 fully saturated rings. The molecule has 3 amide bonds. The molecular weight excluding hydrogens is 260 g/mol. The molecule has 20 heavy (non-hydrogen) atoms. The van der Waals surface area contributed by atoms with E-state index in [-0.39, 0.29) is 30.8 Å². The molecule has 0 saturated carbocycles. The van der Waals surface area contributed by atoms with Gasteiger partial charge < -0.3 is 9.80 Å². The van der Waals surface area contributed by atoms with Crippen LogP contribution in [0.2, 0.25) is 0 Å². The van der Waals surface area contributed by atoms with Gasteiger partial charge in [0.15, 0.2) is 0 Å². The summed E-state index contributed by atoms with van der Waals surface area (Å²) in [6.45, 7) is 6.31. The molecule has 2 aliphatic heterocycles. The number of likely N-dealkylation sites (N-methyl/N-ethyl adjacent to an activating group) is 1. The highest BCUT2D eigenvalue weighted by Crippen LogP contribution is 2.13. The Morgan fingerprint density at radius 2 is 1.80 bits per heavy atom. The Morgan fingerprint density at radius 3 is 2.40 bits per heavy atom. The average molecular weight is 282 g/mol. The molecule has 0 spiro atoms. The number of rotatable bonds is 2. The molecule has 1 N–H and O–H groups in total. The monoisotopic (exact) mass is 282 g/mol. The summed E-state index contributed by atoms with van der Waals surface area (Å²) in [6.07, 6.45) is 0. The molecule has 0 aliphatic carbocycles. The van der Waals surface area contributed by atoms with Crippen molar-refractivity contribution in [1.82, 2.24) is 20.0 Å². The molecule has 0 aromatic carbocycles. The fourth-order valence-corrected chi connectivity index (χ4v) is 2.37. The zero-order valence-corrected chi connectivity index (χ0v) is 12.3. The van der Waals surface area contributed by atoms with Gasteiger partial charge in [0.25, 0.3) is 0 Å². The molecular formula is C13H22N4O3. The SMILES string of the molecule is CN1CCN(C(=O)CN2C(=O)CNC(C)(C)C2=O)CC1. The van der Waals surface area contributed by atoms with Gasteiger partial charge in [0, 0.05) is 26.2 Å². The Morgan fingerprint density at radius 1 is 1.20 bits per heavy atom. The number of hydrogen-bond donors (Lipinski definition) is 1. The van der Waals surface area contributed by atoms with Gasteiger partial charge in [-0.1, -0.05) is 0 Å². The number of hydrogen-bond acceptors (Lipinski definition) is 5. The minimum atomic E-state index is -0.795. The van der Waals surface area contributed by atoms with Crippen LogP contribution in [-0.2, 0) is 14.4 Å². The summed E-state index contributed by atoms with van der Waals surface area (Å²) >= 11 is 0. The van der Waals surface area contributed by atoms with Gasteiger partial charge in [-0.15, -0.1) is 0 Å². The number of nitrogens with one attached hydrogen (secondary N) is 1. The first-order chi connectivity index (χ1) is 9.31. The smallest absolute Gasteiger partial charge is 0.249 e. The van der Waals surface area contributed by atoms with Crippen molar-refractivity contribution in [2.75, 3.05) is 46.3 Å². The maximum Gasteiger partial charge on any atom is 0.249 e. The van der Waals surface area contributed by atoms with Gasteiger partial charge in [-0.25, -0.2) is 0 Å². The summed E-state index contributed by atoms with van der Waals surface area (Å²) < 4.78 is 0. The number of piperazine rings is 2. The molecule has 112 valence electrons. The molecule has 0 aromatic heterocycles. The Balaban J connectivity index is 1.99. The van der Waals surface area contributed by atoms with Crippen LogP contribution in [0.3, 0.4) is 0 Å². The fourth-order valence-electron chi connectivity index (χ4n) is 2.37. The van der Waals surface area contributed by atoms with Crippen LogP contribution in [0.5, 0.6) is 0 Å². The molecule has 0 bridgehead atoms. The number of nitrogens with zero attached hydrogens (tertiary/aromatic N) is 3. The van der Waals surface area contributed by atoms with Crippen LogP contribution < -0.4 is 5.32 Å². The van der Waals surface area contributed by atoms with E-state index >= 15 is 0 Å². The highest BCUT2D eigenvalue weighted by atomic mass is 16.2. The van der Waals surface area contributed by atoms with Crippen molar-refractivity contribution in [3.05, 3.63) is 0 Å². The molecule has 7 heteroatoms. The van der Waals surface area contributed by atoms with Crippen LogP contribution >= 0.6 is 0 Å². The molecule has 2 heterocycles. The van der Waals surface area contributed by atoms with Crippen molar-refractivity contribution in [3.63, 3.8) is 0 Å². The van der Waals surface area contributed by atoms with Gasteiger partial charge in [0.2, 0.25) is 17.7 Å². The summed E-state index contributed by atoms with van der Waals surface area (Å²) in [4.78, 5) is 41.2. The number of carbonyl (C=O) groups is 3. The van der Waals surface area contributed by atoms with Crippen molar-refractivity contribution < 1.29 is 14.4 Å². The summed E-state index contributed by atoms with van der Waals surface area (Å²) in [5, 5.41) is 2.87. The quantitative estimate of drug-likeness (QED) is 0.624. The lowest BCUT2D eigenvalue weighted by Crippen LogP contribution is -2.65. The third-order valence-electron chi connectivity index (χ3n) is 3.91. The average Bonchev–Trinajstić information content (AvgIpc) is 2.40. The van der Waals surface area contributed by atoms with Gasteiger partial charge >= 0.3 is 0 Å². The van der Waals surface area contributed by atoms with Gasteiger partial charge in [0.1, 0.15) is 6.54 Å². The summed E-state index contributed by atoms with van der Waals surface area (Å²) in [7, 11) is 2.01. The van der Waals surface area contributed by atoms with Crippen LogP contribution in [0, 0.1) is 0 Å². The Labute approximate surface area is 118 Å². The lowest BCUT2D eigenvalue weighted by atomic mass is 10.0. The Kier molecular flexibility index (Phi) is 4.10. The van der Waals surface area contributed by atoms with E-state index in [1.165, 1.54) is 0 Å². The van der Waals surface area contributed by atoms with Crippen LogP contribution in [0.4, 0.5) is 0 Å². The second-order valence-corrected chi connectivity index (χ2v) is 5.95. The van der Waals surface area contributed by atoms with E-state index in [0.717, 1.165) is 18.0 Å². The normalized spacial score (nSPS) is 24.1. The van der Waals surface area contributed by atoms with Crippen LogP contribution in [0.15, 0.2) is 0 Å². The largest absolute Gasteiger partial charge is 0.339 e. The highest BCUT2D eigenvalue weighted by molar-refractivity contribution is 6.05. The first-order valence-corrected chi connectivity index (χ1v) is 6.87. The first kappa shape index (κ1) is 14.9. The fraction of sp³-hybridized carbons (Fsp3) is 0.769. The molecule has 2 aliphatic rings. The highest BCUT2D eigenvalue weighted by Gasteiger charge is 2.41. The van der Waals surface area contributed by atoms with E-state index in [2.05, 4.69) is 10.2 Å². The molecule has 0 unspecified atom stereocenters. The van der Waals surface area contributed by atoms with Crippen molar-refractivity contribution in [3.8, 4) is 0 Å². The summed E-state index contributed by atoms with van der Waals surface area (Å²) in [5.41, 5.74) is -0.795. The van der Waals surface area contributed by atoms with Crippen molar-refractivity contribution in [1.29, 1.82) is 0 Å². The van der Waals surface area contributed by atoms with Gasteiger partial charge in [-0.05, 0) is 20.9 Å². The van der Waals surface area contributed by atoms with E-state index in [9.17, 15) is 14.4 Å². The zero-order chi connectivity index (χ0) is 14.9. The number of imide groups is 1. The van der Waals surface area contributed by atoms with Crippen LogP contribution in [-0.4, -0.2) is 84.3 Å². The molecule has 0 aromatic rings. The predicted octanol–water partition coefficient (Wildman–Crippen LogP) is -1.50. The Hall–Kier alpha value is -1.47. The van der Waals surface area contributed by atoms with Gasteiger partial charge in [-0.2, -0.15) is 0 Å². The van der Waals surface area contributed by atoms with Crippen molar-refractivity contribution in [2.45, 2.75) is 19.4 Å². The number of carbonyl (C=O) groups excluding carboxylic acids is 3. The Bertz CT molecular complexity index is 427. The van der Waals surface area contributed by atoms with Crippen molar-refractivity contribution >= 4 is 17.7 Å². The molecule has 2 rings (SSSR count). The number of amides is 3.